The number of methoxy groups -OCH3 is 1. The zero-order valence-electron chi connectivity index (χ0n) is 23.9. The highest BCUT2D eigenvalue weighted by atomic mass is 35.5. The lowest BCUT2D eigenvalue weighted by atomic mass is 10.1. The number of aliphatic carboxylic acids is 2. The molecule has 0 fully saturated rings. The maximum absolute atomic E-state index is 15.2. The van der Waals surface area contributed by atoms with Gasteiger partial charge in [-0.2, -0.15) is 9.49 Å². The first-order valence-electron chi connectivity index (χ1n) is 13.2. The summed E-state index contributed by atoms with van der Waals surface area (Å²) in [5.74, 6) is -5.91. The van der Waals surface area contributed by atoms with Gasteiger partial charge in [-0.25, -0.2) is 33.6 Å². The van der Waals surface area contributed by atoms with Crippen molar-refractivity contribution in [3.8, 4) is 22.7 Å². The normalized spacial score (nSPS) is 11.6. The summed E-state index contributed by atoms with van der Waals surface area (Å²) < 4.78 is 37.7. The standard InChI is InChI=1S/C28H20ClF2N7O2.C2H2O4/c1-14(26-35-18-10-6-9-17(29)20(18)28(39)37(26)15-7-4-3-5-8-15)38-27-21(25(32)33-13-34-27)24(36-38)16-11-12-19(40-2)23(31)22(16)30;3-1(4)2(5)6/h3-14H,1-2H3,(H2,32,33,34);(H,3,4)(H,5,6)/t14-;/m0./s1. The molecule has 3 aromatic carbocycles. The SMILES string of the molecule is COc1ccc(-c2nn([C@@H](C)c3nc4cccc(Cl)c4c(=O)n3-c3ccccc3)c3ncnc(N)c23)c(F)c1F.O=C(O)C(=O)O. The Balaban J connectivity index is 0.000000635. The van der Waals surface area contributed by atoms with Gasteiger partial charge in [0, 0.05) is 5.56 Å². The zero-order valence-corrected chi connectivity index (χ0v) is 24.6. The van der Waals surface area contributed by atoms with E-state index in [1.807, 2.05) is 6.07 Å². The number of benzene rings is 3. The van der Waals surface area contributed by atoms with Crippen LogP contribution in [0.3, 0.4) is 0 Å². The van der Waals surface area contributed by atoms with E-state index in [0.29, 0.717) is 17.0 Å². The summed E-state index contributed by atoms with van der Waals surface area (Å²) in [4.78, 5) is 45.3. The fourth-order valence-electron chi connectivity index (χ4n) is 4.75. The quantitative estimate of drug-likeness (QED) is 0.223. The molecule has 0 aliphatic carbocycles. The third-order valence-corrected chi connectivity index (χ3v) is 7.17. The molecule has 0 unspecified atom stereocenters. The first-order chi connectivity index (χ1) is 22.0. The molecule has 0 spiro atoms. The number of hydrogen-bond donors (Lipinski definition) is 3. The molecule has 0 aliphatic rings. The minimum Gasteiger partial charge on any atom is -0.494 e. The Kier molecular flexibility index (Phi) is 8.60. The molecule has 4 N–H and O–H groups in total. The van der Waals surface area contributed by atoms with Crippen LogP contribution >= 0.6 is 11.6 Å². The molecule has 16 heteroatoms. The summed E-state index contributed by atoms with van der Waals surface area (Å²) in [6, 6.07) is 15.9. The van der Waals surface area contributed by atoms with E-state index in [2.05, 4.69) is 15.1 Å². The van der Waals surface area contributed by atoms with E-state index < -0.39 is 29.6 Å². The molecule has 234 valence electrons. The average Bonchev–Trinajstić information content (AvgIpc) is 3.43. The lowest BCUT2D eigenvalue weighted by molar-refractivity contribution is -0.159. The average molecular weight is 650 g/mol. The van der Waals surface area contributed by atoms with Crippen LogP contribution in [0.2, 0.25) is 5.02 Å². The second-order valence-corrected chi connectivity index (χ2v) is 9.97. The van der Waals surface area contributed by atoms with Crippen LogP contribution in [0, 0.1) is 11.6 Å². The van der Waals surface area contributed by atoms with Gasteiger partial charge in [-0.1, -0.05) is 35.9 Å². The number of hydrogen-bond acceptors (Lipinski definition) is 9. The van der Waals surface area contributed by atoms with E-state index in [9.17, 15) is 9.18 Å². The van der Waals surface area contributed by atoms with Gasteiger partial charge in [-0.3, -0.25) is 9.36 Å². The highest BCUT2D eigenvalue weighted by molar-refractivity contribution is 6.35. The Bertz CT molecular complexity index is 2200. The van der Waals surface area contributed by atoms with E-state index >= 15 is 4.39 Å². The van der Waals surface area contributed by atoms with Gasteiger partial charge in [-0.05, 0) is 43.3 Å². The van der Waals surface area contributed by atoms with Crippen molar-refractivity contribution in [2.45, 2.75) is 13.0 Å². The van der Waals surface area contributed by atoms with Crippen LogP contribution in [0.1, 0.15) is 18.8 Å². The van der Waals surface area contributed by atoms with E-state index in [1.165, 1.54) is 34.8 Å². The van der Waals surface area contributed by atoms with Crippen LogP contribution in [0.15, 0.2) is 71.8 Å². The van der Waals surface area contributed by atoms with Crippen molar-refractivity contribution in [3.63, 3.8) is 0 Å². The van der Waals surface area contributed by atoms with E-state index in [-0.39, 0.29) is 49.8 Å². The molecule has 13 nitrogen and oxygen atoms in total. The lowest BCUT2D eigenvalue weighted by Gasteiger charge is -2.19. The van der Waals surface area contributed by atoms with Gasteiger partial charge in [0.1, 0.15) is 29.7 Å². The molecular formula is C30H22ClF2N7O6. The van der Waals surface area contributed by atoms with E-state index in [0.717, 1.165) is 0 Å². The molecule has 3 heterocycles. The van der Waals surface area contributed by atoms with Crippen LogP contribution in [0.25, 0.3) is 38.9 Å². The van der Waals surface area contributed by atoms with Gasteiger partial charge in [0.05, 0.1) is 34.1 Å². The fourth-order valence-corrected chi connectivity index (χ4v) is 5.00. The summed E-state index contributed by atoms with van der Waals surface area (Å²) in [5, 5.41) is 20.1. The Morgan fingerprint density at radius 3 is 2.30 bits per heavy atom. The maximum Gasteiger partial charge on any atom is 0.414 e. The summed E-state index contributed by atoms with van der Waals surface area (Å²) in [6.45, 7) is 1.76. The second-order valence-electron chi connectivity index (χ2n) is 9.56. The molecular weight excluding hydrogens is 628 g/mol. The first kappa shape index (κ1) is 31.5. The fraction of sp³-hybridized carbons (Fsp3) is 0.100. The molecule has 0 aliphatic heterocycles. The van der Waals surface area contributed by atoms with Crippen LogP contribution < -0.4 is 16.0 Å². The molecule has 46 heavy (non-hydrogen) atoms. The lowest BCUT2D eigenvalue weighted by Crippen LogP contribution is -2.27. The zero-order chi connectivity index (χ0) is 33.3. The van der Waals surface area contributed by atoms with Crippen LogP contribution in [-0.4, -0.2) is 58.6 Å². The summed E-state index contributed by atoms with van der Waals surface area (Å²) >= 11 is 6.41. The van der Waals surface area contributed by atoms with E-state index in [4.69, 9.17) is 46.9 Å². The number of fused-ring (bicyclic) bond motifs is 2. The molecule has 3 aromatic heterocycles. The Hall–Kier alpha value is -5.96. The Morgan fingerprint density at radius 2 is 1.65 bits per heavy atom. The predicted molar refractivity (Wildman–Crippen MR) is 163 cm³/mol. The van der Waals surface area contributed by atoms with Gasteiger partial charge in [0.2, 0.25) is 5.82 Å². The van der Waals surface area contributed by atoms with Crippen molar-refractivity contribution in [1.29, 1.82) is 0 Å². The minimum atomic E-state index is -1.82. The molecule has 6 aromatic rings. The maximum atomic E-state index is 15.2. The van der Waals surface area contributed by atoms with Crippen molar-refractivity contribution in [2.75, 3.05) is 12.8 Å². The third-order valence-electron chi connectivity index (χ3n) is 6.85. The monoisotopic (exact) mass is 649 g/mol. The molecule has 0 saturated carbocycles. The van der Waals surface area contributed by atoms with E-state index in [1.54, 1.807) is 49.4 Å². The van der Waals surface area contributed by atoms with Gasteiger partial charge >= 0.3 is 11.9 Å². The van der Waals surface area contributed by atoms with Crippen molar-refractivity contribution in [1.82, 2.24) is 29.3 Å². The van der Waals surface area contributed by atoms with Crippen LogP contribution in [-0.2, 0) is 9.59 Å². The first-order valence-corrected chi connectivity index (χ1v) is 13.6. The number of nitrogen functional groups attached to an aromatic ring is 1. The third kappa shape index (κ3) is 5.54. The molecule has 0 saturated heterocycles. The number of carbonyl (C=O) groups is 2. The number of para-hydroxylation sites is 1. The van der Waals surface area contributed by atoms with Crippen molar-refractivity contribution in [2.24, 2.45) is 0 Å². The summed E-state index contributed by atoms with van der Waals surface area (Å²) in [5.41, 5.74) is 6.87. The number of anilines is 1. The number of carboxylic acids is 2. The highest BCUT2D eigenvalue weighted by Gasteiger charge is 2.28. The topological polar surface area (TPSA) is 188 Å². The number of halogens is 3. The minimum absolute atomic E-state index is 0.0211. The summed E-state index contributed by atoms with van der Waals surface area (Å²) in [7, 11) is 1.24. The molecule has 0 radical (unpaired) electrons. The largest absolute Gasteiger partial charge is 0.494 e. The van der Waals surface area contributed by atoms with Crippen LogP contribution in [0.5, 0.6) is 5.75 Å². The van der Waals surface area contributed by atoms with Gasteiger partial charge in [0.15, 0.2) is 17.2 Å². The van der Waals surface area contributed by atoms with Crippen molar-refractivity contribution >= 4 is 51.3 Å². The Morgan fingerprint density at radius 1 is 0.957 bits per heavy atom. The number of ether oxygens (including phenoxy) is 1. The van der Waals surface area contributed by atoms with Crippen molar-refractivity contribution in [3.05, 3.63) is 99.8 Å². The second kappa shape index (κ2) is 12.6. The predicted octanol–water partition coefficient (Wildman–Crippen LogP) is 4.48. The Labute approximate surface area is 262 Å². The number of rotatable bonds is 5. The number of carboxylic acid groups (broad SMARTS) is 2. The molecule has 6 rings (SSSR count). The number of nitrogens with zero attached hydrogens (tertiary/aromatic N) is 6. The van der Waals surface area contributed by atoms with Gasteiger partial charge < -0.3 is 20.7 Å². The molecule has 0 bridgehead atoms. The van der Waals surface area contributed by atoms with Gasteiger partial charge in [0.25, 0.3) is 5.56 Å². The number of aromatic nitrogens is 6. The number of nitrogens with two attached hydrogens (primary N) is 1. The smallest absolute Gasteiger partial charge is 0.414 e. The summed E-state index contributed by atoms with van der Waals surface area (Å²) in [6.07, 6.45) is 1.25. The highest BCUT2D eigenvalue weighted by Crippen LogP contribution is 2.36. The van der Waals surface area contributed by atoms with Gasteiger partial charge in [-0.15, -0.1) is 0 Å². The molecule has 0 amide bonds. The van der Waals surface area contributed by atoms with Crippen LogP contribution in [0.4, 0.5) is 14.6 Å². The van der Waals surface area contributed by atoms with Crippen molar-refractivity contribution < 1.29 is 33.3 Å². The molecule has 1 atom stereocenters.